The van der Waals surface area contributed by atoms with Crippen molar-refractivity contribution in [1.82, 2.24) is 0 Å². The lowest BCUT2D eigenvalue weighted by atomic mass is 9.88. The molecule has 16 heavy (non-hydrogen) atoms. The topological polar surface area (TPSA) is 21.3 Å². The number of para-hydroxylation sites is 1. The highest BCUT2D eigenvalue weighted by Crippen LogP contribution is 2.28. The quantitative estimate of drug-likeness (QED) is 0.840. The van der Waals surface area contributed by atoms with Gasteiger partial charge in [0.05, 0.1) is 13.2 Å². The molecule has 0 spiro atoms. The molecular weight excluding hydrogens is 198 g/mol. The maximum absolute atomic E-state index is 5.27. The fourth-order valence-corrected chi connectivity index (χ4v) is 2.13. The Kier molecular flexibility index (Phi) is 3.20. The molecule has 0 atom stereocenters. The second-order valence-electron chi connectivity index (χ2n) is 5.12. The third kappa shape index (κ3) is 2.22. The minimum absolute atomic E-state index is 0.327. The van der Waals surface area contributed by atoms with Crippen LogP contribution in [0.15, 0.2) is 18.2 Å². The number of hydrogen-bond acceptors (Lipinski definition) is 2. The SMILES string of the molecule is CCc1cccc(C)c1NCC1(C)COC1. The zero-order chi connectivity index (χ0) is 11.6. The number of aryl methyl sites for hydroxylation is 2. The van der Waals surface area contributed by atoms with Crippen LogP contribution < -0.4 is 5.32 Å². The first kappa shape index (κ1) is 11.5. The van der Waals surface area contributed by atoms with Crippen molar-refractivity contribution in [2.75, 3.05) is 25.1 Å². The minimum atomic E-state index is 0.327. The summed E-state index contributed by atoms with van der Waals surface area (Å²) < 4.78 is 5.27. The molecule has 1 aliphatic heterocycles. The second-order valence-corrected chi connectivity index (χ2v) is 5.12. The molecule has 0 radical (unpaired) electrons. The average molecular weight is 219 g/mol. The summed E-state index contributed by atoms with van der Waals surface area (Å²) in [6.07, 6.45) is 1.08. The third-order valence-corrected chi connectivity index (χ3v) is 3.33. The van der Waals surface area contributed by atoms with E-state index in [4.69, 9.17) is 4.74 Å². The first-order chi connectivity index (χ1) is 7.64. The number of rotatable bonds is 4. The normalized spacial score (nSPS) is 17.9. The van der Waals surface area contributed by atoms with Gasteiger partial charge in [-0.2, -0.15) is 0 Å². The number of hydrogen-bond donors (Lipinski definition) is 1. The molecule has 1 aromatic carbocycles. The molecule has 0 bridgehead atoms. The largest absolute Gasteiger partial charge is 0.384 e. The summed E-state index contributed by atoms with van der Waals surface area (Å²) in [5.41, 5.74) is 4.39. The Morgan fingerprint density at radius 2 is 2.12 bits per heavy atom. The molecule has 1 heterocycles. The van der Waals surface area contributed by atoms with E-state index in [1.54, 1.807) is 0 Å². The van der Waals surface area contributed by atoms with Crippen LogP contribution in [-0.4, -0.2) is 19.8 Å². The van der Waals surface area contributed by atoms with Crippen LogP contribution in [0.1, 0.15) is 25.0 Å². The van der Waals surface area contributed by atoms with E-state index >= 15 is 0 Å². The maximum Gasteiger partial charge on any atom is 0.0559 e. The highest BCUT2D eigenvalue weighted by atomic mass is 16.5. The van der Waals surface area contributed by atoms with Crippen LogP contribution in [0.5, 0.6) is 0 Å². The van der Waals surface area contributed by atoms with E-state index in [-0.39, 0.29) is 0 Å². The molecule has 1 saturated heterocycles. The summed E-state index contributed by atoms with van der Waals surface area (Å²) >= 11 is 0. The van der Waals surface area contributed by atoms with E-state index in [2.05, 4.69) is 44.3 Å². The lowest BCUT2D eigenvalue weighted by molar-refractivity contribution is -0.0924. The zero-order valence-electron chi connectivity index (χ0n) is 10.5. The molecule has 1 aliphatic rings. The van der Waals surface area contributed by atoms with Crippen molar-refractivity contribution < 1.29 is 4.74 Å². The van der Waals surface area contributed by atoms with Gasteiger partial charge in [-0.1, -0.05) is 32.0 Å². The summed E-state index contributed by atoms with van der Waals surface area (Å²) in [5.74, 6) is 0. The number of benzene rings is 1. The molecule has 0 unspecified atom stereocenters. The highest BCUT2D eigenvalue weighted by molar-refractivity contribution is 5.57. The number of anilines is 1. The molecule has 88 valence electrons. The van der Waals surface area contributed by atoms with Crippen molar-refractivity contribution in [3.8, 4) is 0 Å². The maximum atomic E-state index is 5.27. The molecule has 0 amide bonds. The smallest absolute Gasteiger partial charge is 0.0559 e. The van der Waals surface area contributed by atoms with Gasteiger partial charge in [-0.15, -0.1) is 0 Å². The fraction of sp³-hybridized carbons (Fsp3) is 0.571. The van der Waals surface area contributed by atoms with Gasteiger partial charge in [-0.3, -0.25) is 0 Å². The molecule has 2 nitrogen and oxygen atoms in total. The average Bonchev–Trinajstić information content (AvgIpc) is 2.24. The molecule has 0 aliphatic carbocycles. The van der Waals surface area contributed by atoms with E-state index in [1.807, 2.05) is 0 Å². The lowest BCUT2D eigenvalue weighted by Crippen LogP contribution is -2.45. The monoisotopic (exact) mass is 219 g/mol. The van der Waals surface area contributed by atoms with Crippen LogP contribution in [0, 0.1) is 12.3 Å². The molecule has 1 aromatic rings. The van der Waals surface area contributed by atoms with Gasteiger partial charge in [0.2, 0.25) is 0 Å². The Morgan fingerprint density at radius 1 is 1.38 bits per heavy atom. The van der Waals surface area contributed by atoms with Crippen molar-refractivity contribution in [3.63, 3.8) is 0 Å². The molecule has 2 rings (SSSR count). The van der Waals surface area contributed by atoms with Gasteiger partial charge in [0.15, 0.2) is 0 Å². The van der Waals surface area contributed by atoms with Gasteiger partial charge in [0.25, 0.3) is 0 Å². The van der Waals surface area contributed by atoms with Crippen LogP contribution in [-0.2, 0) is 11.2 Å². The highest BCUT2D eigenvalue weighted by Gasteiger charge is 2.33. The van der Waals surface area contributed by atoms with Gasteiger partial charge in [0.1, 0.15) is 0 Å². The van der Waals surface area contributed by atoms with Crippen molar-refractivity contribution in [2.24, 2.45) is 5.41 Å². The van der Waals surface area contributed by atoms with E-state index in [1.165, 1.54) is 16.8 Å². The number of ether oxygens (including phenoxy) is 1. The van der Waals surface area contributed by atoms with E-state index in [0.717, 1.165) is 26.2 Å². The van der Waals surface area contributed by atoms with E-state index in [0.29, 0.717) is 5.41 Å². The van der Waals surface area contributed by atoms with Gasteiger partial charge in [0, 0.05) is 17.6 Å². The standard InChI is InChI=1S/C14H21NO/c1-4-12-7-5-6-11(2)13(12)15-8-14(3)9-16-10-14/h5-7,15H,4,8-10H2,1-3H3. The lowest BCUT2D eigenvalue weighted by Gasteiger charge is -2.38. The van der Waals surface area contributed by atoms with E-state index in [9.17, 15) is 0 Å². The molecular formula is C14H21NO. The first-order valence-electron chi connectivity index (χ1n) is 6.05. The van der Waals surface area contributed by atoms with Crippen LogP contribution in [0.25, 0.3) is 0 Å². The van der Waals surface area contributed by atoms with Crippen LogP contribution >= 0.6 is 0 Å². The first-order valence-corrected chi connectivity index (χ1v) is 6.05. The Labute approximate surface area is 98.0 Å². The Hall–Kier alpha value is -1.02. The van der Waals surface area contributed by atoms with Crippen molar-refractivity contribution in [3.05, 3.63) is 29.3 Å². The van der Waals surface area contributed by atoms with Gasteiger partial charge < -0.3 is 10.1 Å². The molecule has 1 fully saturated rings. The van der Waals surface area contributed by atoms with Gasteiger partial charge in [-0.25, -0.2) is 0 Å². The van der Waals surface area contributed by atoms with E-state index < -0.39 is 0 Å². The van der Waals surface area contributed by atoms with Crippen molar-refractivity contribution >= 4 is 5.69 Å². The molecule has 0 aromatic heterocycles. The molecule has 1 N–H and O–H groups in total. The fourth-order valence-electron chi connectivity index (χ4n) is 2.13. The van der Waals surface area contributed by atoms with Crippen molar-refractivity contribution in [1.29, 1.82) is 0 Å². The second kappa shape index (κ2) is 4.46. The summed E-state index contributed by atoms with van der Waals surface area (Å²) in [6.45, 7) is 9.41. The Morgan fingerprint density at radius 3 is 2.69 bits per heavy atom. The zero-order valence-corrected chi connectivity index (χ0v) is 10.5. The summed E-state index contributed by atoms with van der Waals surface area (Å²) in [5, 5.41) is 3.59. The summed E-state index contributed by atoms with van der Waals surface area (Å²) in [6, 6.07) is 6.50. The minimum Gasteiger partial charge on any atom is -0.384 e. The van der Waals surface area contributed by atoms with Crippen molar-refractivity contribution in [2.45, 2.75) is 27.2 Å². The summed E-state index contributed by atoms with van der Waals surface area (Å²) in [4.78, 5) is 0. The van der Waals surface area contributed by atoms with Gasteiger partial charge in [-0.05, 0) is 24.5 Å². The molecule has 2 heteroatoms. The summed E-state index contributed by atoms with van der Waals surface area (Å²) in [7, 11) is 0. The Bertz CT molecular complexity index is 369. The predicted molar refractivity (Wildman–Crippen MR) is 68.0 cm³/mol. The number of nitrogens with one attached hydrogen (secondary N) is 1. The predicted octanol–water partition coefficient (Wildman–Crippen LogP) is 3.01. The molecule has 0 saturated carbocycles. The van der Waals surface area contributed by atoms with Crippen LogP contribution in [0.2, 0.25) is 0 Å². The van der Waals surface area contributed by atoms with Crippen LogP contribution in [0.3, 0.4) is 0 Å². The Balaban J connectivity index is 2.08. The van der Waals surface area contributed by atoms with Crippen LogP contribution in [0.4, 0.5) is 5.69 Å². The third-order valence-electron chi connectivity index (χ3n) is 3.33. The van der Waals surface area contributed by atoms with Gasteiger partial charge >= 0.3 is 0 Å².